The molecule has 2 aromatic carbocycles. The smallest absolute Gasteiger partial charge is 1.00 e. The summed E-state index contributed by atoms with van der Waals surface area (Å²) < 4.78 is 14.4. The minimum atomic E-state index is -0.495. The van der Waals surface area contributed by atoms with Crippen LogP contribution in [0.2, 0.25) is 0 Å². The Morgan fingerprint density at radius 2 is 1.61 bits per heavy atom. The van der Waals surface area contributed by atoms with Crippen molar-refractivity contribution >= 4 is 61.6 Å². The van der Waals surface area contributed by atoms with Gasteiger partial charge >= 0.3 is 115 Å². The van der Waals surface area contributed by atoms with Crippen LogP contribution in [0, 0.1) is 0 Å². The van der Waals surface area contributed by atoms with Gasteiger partial charge in [0.25, 0.3) is 6.47 Å². The van der Waals surface area contributed by atoms with Crippen LogP contribution in [0.3, 0.4) is 0 Å². The third kappa shape index (κ3) is 17.0. The van der Waals surface area contributed by atoms with Crippen molar-refractivity contribution in [3.8, 4) is 11.5 Å². The molecule has 0 fully saturated rings. The maximum Gasteiger partial charge on any atom is 1.00 e. The monoisotopic (exact) mass is 686 g/mol. The summed E-state index contributed by atoms with van der Waals surface area (Å²) in [6.07, 6.45) is 0. The molecule has 0 radical (unpaired) electrons. The van der Waals surface area contributed by atoms with Gasteiger partial charge in [0.1, 0.15) is 18.1 Å². The number of nitrogens with one attached hydrogen (secondary N) is 1. The number of aromatic hydroxyl groups is 1. The second kappa shape index (κ2) is 25.5. The van der Waals surface area contributed by atoms with Crippen LogP contribution in [-0.4, -0.2) is 61.5 Å². The number of fused-ring (bicyclic) bond motifs is 1. The van der Waals surface area contributed by atoms with E-state index < -0.39 is 5.97 Å². The van der Waals surface area contributed by atoms with Crippen molar-refractivity contribution < 1.29 is 148 Å². The number of phenolic OH excluding ortho intramolecular Hbond substituents is 1. The van der Waals surface area contributed by atoms with E-state index in [4.69, 9.17) is 25.6 Å². The Bertz CT molecular complexity index is 930. The number of ether oxygens (including phenoxy) is 3. The van der Waals surface area contributed by atoms with E-state index >= 15 is 0 Å². The summed E-state index contributed by atoms with van der Waals surface area (Å²) in [6.45, 7) is 1.24. The van der Waals surface area contributed by atoms with E-state index in [1.807, 2.05) is 6.07 Å². The summed E-state index contributed by atoms with van der Waals surface area (Å²) in [7, 11) is 2.64. The van der Waals surface area contributed by atoms with E-state index in [1.54, 1.807) is 12.1 Å². The molecule has 0 atom stereocenters. The molecule has 0 amide bonds. The number of nitrogen functional groups attached to an aromatic ring is 1. The van der Waals surface area contributed by atoms with Crippen molar-refractivity contribution in [1.82, 2.24) is 0 Å². The number of anilines is 2. The number of esters is 2. The van der Waals surface area contributed by atoms with Crippen LogP contribution in [-0.2, 0) is 19.2 Å². The van der Waals surface area contributed by atoms with Gasteiger partial charge in [-0.2, -0.15) is 0 Å². The third-order valence-corrected chi connectivity index (χ3v) is 5.50. The first-order valence-corrected chi connectivity index (χ1v) is 11.6. The topological polar surface area (TPSA) is 169 Å². The number of phenols is 1. The number of carbonyl (C=O) groups excluding carboxylic acids is 3. The van der Waals surface area contributed by atoms with Crippen molar-refractivity contribution in [1.29, 1.82) is 0 Å². The number of carbonyl (C=O) groups is 3. The molecule has 1 aliphatic heterocycles. The molecule has 36 heavy (non-hydrogen) atoms. The molecule has 0 saturated heterocycles. The Labute approximate surface area is 312 Å². The molecule has 0 spiro atoms. The van der Waals surface area contributed by atoms with Crippen LogP contribution < -0.4 is 124 Å². The number of methoxy groups -OCH3 is 2. The van der Waals surface area contributed by atoms with Crippen molar-refractivity contribution in [3.63, 3.8) is 0 Å². The van der Waals surface area contributed by atoms with Gasteiger partial charge in [0.05, 0.1) is 36.7 Å². The molecule has 0 bridgehead atoms. The van der Waals surface area contributed by atoms with Crippen LogP contribution in [0.15, 0.2) is 36.4 Å². The molecule has 0 aliphatic carbocycles. The van der Waals surface area contributed by atoms with Crippen molar-refractivity contribution in [3.05, 3.63) is 47.5 Å². The van der Waals surface area contributed by atoms with Gasteiger partial charge in [-0.1, -0.05) is 31.9 Å². The Hall–Kier alpha value is 0.243. The second-order valence-electron chi connectivity index (χ2n) is 5.81. The van der Waals surface area contributed by atoms with Gasteiger partial charge in [0.2, 0.25) is 0 Å². The molecule has 0 aromatic heterocycles. The third-order valence-electron chi connectivity index (χ3n) is 3.64. The van der Waals surface area contributed by atoms with Gasteiger partial charge in [0, 0.05) is 17.2 Å². The van der Waals surface area contributed by atoms with Gasteiger partial charge in [-0.3, -0.25) is 4.79 Å². The van der Waals surface area contributed by atoms with E-state index in [2.05, 4.69) is 51.5 Å². The second-order valence-corrected chi connectivity index (χ2v) is 7.40. The molecule has 2 aromatic rings. The molecule has 3 rings (SSSR count). The first-order valence-electron chi connectivity index (χ1n) is 9.39. The first-order chi connectivity index (χ1) is 16.3. The van der Waals surface area contributed by atoms with E-state index in [0.29, 0.717) is 17.9 Å². The van der Waals surface area contributed by atoms with Gasteiger partial charge < -0.3 is 41.9 Å². The Morgan fingerprint density at radius 1 is 1.11 bits per heavy atom. The van der Waals surface area contributed by atoms with E-state index in [-0.39, 0.29) is 134 Å². The van der Waals surface area contributed by atoms with Crippen LogP contribution in [0.1, 0.15) is 22.1 Å². The van der Waals surface area contributed by atoms with Gasteiger partial charge in [-0.25, -0.2) is 9.59 Å². The summed E-state index contributed by atoms with van der Waals surface area (Å²) in [6, 6.07) is 9.42. The average Bonchev–Trinajstić information content (AvgIpc) is 2.89. The van der Waals surface area contributed by atoms with Crippen LogP contribution >= 0.6 is 31.9 Å². The summed E-state index contributed by atoms with van der Waals surface area (Å²) in [4.78, 5) is 33.4. The molecule has 4 N–H and O–H groups in total. The summed E-state index contributed by atoms with van der Waals surface area (Å²) in [5.74, 6) is -0.246. The van der Waals surface area contributed by atoms with Crippen molar-refractivity contribution in [2.45, 2.75) is 0 Å². The number of nitrogens with two attached hydrogens (primary N) is 1. The molecular weight excluding hydrogens is 662 g/mol. The summed E-state index contributed by atoms with van der Waals surface area (Å²) in [5.41, 5.74) is 7.28. The zero-order chi connectivity index (χ0) is 25.9. The normalized spacial score (nSPS) is 9.81. The van der Waals surface area contributed by atoms with Crippen LogP contribution in [0.5, 0.6) is 11.5 Å². The first kappa shape index (κ1) is 40.7. The fraction of sp³-hybridized carbons (Fsp3) is 0.286. The van der Waals surface area contributed by atoms with Crippen LogP contribution in [0.4, 0.5) is 11.4 Å². The molecule has 0 unspecified atom stereocenters. The standard InChI is InChI=1S/C10H11NO3.C8H9NO3.C2H4Br2.CH2O3.2K.H/c1-13-10(12)7-2-3-8-9(6-7)14-5-4-11-8;1-12-8(11)5-2-3-6(9)7(10)4-5;3-1-2-4;2-1-4-3;;;/h2-3,6,11H,4-5H2,1H3;2-4,10H,9H2,1H3;1-2H2;1,3H;;;/q;;;;2*+1;-1/p-1. The number of benzene rings is 2. The quantitative estimate of drug-likeness (QED) is 0.0424. The fourth-order valence-electron chi connectivity index (χ4n) is 2.17. The molecule has 11 nitrogen and oxygen atoms in total. The van der Waals surface area contributed by atoms with Gasteiger partial charge in [0.15, 0.2) is 0 Å². The van der Waals surface area contributed by atoms with Crippen molar-refractivity contribution in [2.75, 3.05) is 49.1 Å². The molecule has 1 aliphatic rings. The number of alkyl halides is 2. The largest absolute Gasteiger partial charge is 1.00 e. The predicted molar refractivity (Wildman–Crippen MR) is 131 cm³/mol. The van der Waals surface area contributed by atoms with Crippen LogP contribution in [0.25, 0.3) is 0 Å². The number of halogens is 2. The molecule has 1 heterocycles. The number of hydrogen-bond acceptors (Lipinski definition) is 11. The molecular formula is C21H26Br2K2N2O9. The minimum Gasteiger partial charge on any atom is -1.00 e. The Morgan fingerprint density at radius 3 is 2.06 bits per heavy atom. The summed E-state index contributed by atoms with van der Waals surface area (Å²) >= 11 is 6.40. The number of hydrogen-bond donors (Lipinski definition) is 3. The zero-order valence-electron chi connectivity index (χ0n) is 21.4. The SMILES string of the molecule is BrCCBr.COC(=O)c1ccc(N)c(O)c1.COC(=O)c1ccc2c(c1)OCCN2.O=CO[O-].[H-].[K+].[K+]. The fourth-order valence-corrected chi connectivity index (χ4v) is 2.17. The minimum absolute atomic E-state index is 0. The maximum absolute atomic E-state index is 11.2. The Balaban J connectivity index is -0.000000217. The number of rotatable bonds is 4. The molecule has 190 valence electrons. The van der Waals surface area contributed by atoms with E-state index in [9.17, 15) is 9.59 Å². The van der Waals surface area contributed by atoms with Gasteiger partial charge in [-0.15, -0.1) is 0 Å². The maximum atomic E-state index is 11.2. The molecule has 0 saturated carbocycles. The van der Waals surface area contributed by atoms with Crippen molar-refractivity contribution in [2.24, 2.45) is 0 Å². The predicted octanol–water partition coefficient (Wildman–Crippen LogP) is -3.63. The zero-order valence-corrected chi connectivity index (χ0v) is 29.8. The molecule has 15 heteroatoms. The van der Waals surface area contributed by atoms with Gasteiger partial charge in [-0.05, 0) is 36.4 Å². The summed E-state index contributed by atoms with van der Waals surface area (Å²) in [5, 5.41) is 22.8. The van der Waals surface area contributed by atoms with E-state index in [1.165, 1.54) is 32.4 Å². The van der Waals surface area contributed by atoms with E-state index in [0.717, 1.165) is 22.9 Å². The average molecular weight is 688 g/mol. The Kier molecular flexibility index (Phi) is 28.9.